The molecule has 2 atom stereocenters. The van der Waals surface area contributed by atoms with E-state index in [1.165, 1.54) is 44.9 Å². The summed E-state index contributed by atoms with van der Waals surface area (Å²) in [5.41, 5.74) is 2.60. The Labute approximate surface area is 186 Å². The standard InChI is InChI=1S/C25H35ClN2O2/c1-4-6-7-8-9-10-11-12-20-17-27-23(28-18-20)21-13-15-22(16-14-21)25(26,24(29)30)19(3)5-2/h13-19H,4-12H2,1-3H3,(H,29,30). The summed E-state index contributed by atoms with van der Waals surface area (Å²) in [5.74, 6) is -0.564. The van der Waals surface area contributed by atoms with Crippen molar-refractivity contribution in [1.29, 1.82) is 0 Å². The van der Waals surface area contributed by atoms with Crippen molar-refractivity contribution in [2.75, 3.05) is 0 Å². The van der Waals surface area contributed by atoms with Gasteiger partial charge in [-0.1, -0.05) is 90.0 Å². The highest BCUT2D eigenvalue weighted by molar-refractivity contribution is 6.33. The minimum absolute atomic E-state index is 0.190. The predicted molar refractivity (Wildman–Crippen MR) is 124 cm³/mol. The first-order chi connectivity index (χ1) is 14.4. The highest BCUT2D eigenvalue weighted by Crippen LogP contribution is 2.39. The zero-order chi connectivity index (χ0) is 22.0. The molecule has 30 heavy (non-hydrogen) atoms. The van der Waals surface area contributed by atoms with E-state index in [4.69, 9.17) is 11.6 Å². The third-order valence-corrected chi connectivity index (χ3v) is 6.69. The third-order valence-electron chi connectivity index (χ3n) is 5.94. The molecule has 0 amide bonds. The minimum Gasteiger partial charge on any atom is -0.480 e. The molecular formula is C25H35ClN2O2. The lowest BCUT2D eigenvalue weighted by atomic mass is 9.84. The average Bonchev–Trinajstić information content (AvgIpc) is 2.77. The smallest absolute Gasteiger partial charge is 0.329 e. The van der Waals surface area contributed by atoms with E-state index < -0.39 is 10.8 Å². The van der Waals surface area contributed by atoms with Gasteiger partial charge in [-0.3, -0.25) is 0 Å². The van der Waals surface area contributed by atoms with Crippen LogP contribution in [0.5, 0.6) is 0 Å². The Morgan fingerprint density at radius 3 is 2.10 bits per heavy atom. The number of aromatic nitrogens is 2. The van der Waals surface area contributed by atoms with E-state index in [9.17, 15) is 9.90 Å². The van der Waals surface area contributed by atoms with Gasteiger partial charge in [-0.15, -0.1) is 11.6 Å². The van der Waals surface area contributed by atoms with Gasteiger partial charge in [-0.25, -0.2) is 14.8 Å². The molecule has 0 fully saturated rings. The fourth-order valence-electron chi connectivity index (χ4n) is 3.68. The molecule has 164 valence electrons. The average molecular weight is 431 g/mol. The summed E-state index contributed by atoms with van der Waals surface area (Å²) in [6.07, 6.45) is 14.5. The van der Waals surface area contributed by atoms with Crippen molar-refractivity contribution in [2.24, 2.45) is 5.92 Å². The summed E-state index contributed by atoms with van der Waals surface area (Å²) >= 11 is 6.53. The molecule has 1 N–H and O–H groups in total. The number of unbranched alkanes of at least 4 members (excludes halogenated alkanes) is 6. The number of benzene rings is 1. The molecule has 0 aliphatic carbocycles. The number of halogens is 1. The first-order valence-electron chi connectivity index (χ1n) is 11.3. The van der Waals surface area contributed by atoms with Crippen LogP contribution >= 0.6 is 11.6 Å². The van der Waals surface area contributed by atoms with Crippen molar-refractivity contribution in [3.8, 4) is 11.4 Å². The van der Waals surface area contributed by atoms with Gasteiger partial charge >= 0.3 is 5.97 Å². The molecule has 2 unspecified atom stereocenters. The zero-order valence-corrected chi connectivity index (χ0v) is 19.3. The molecule has 1 heterocycles. The van der Waals surface area contributed by atoms with E-state index >= 15 is 0 Å². The summed E-state index contributed by atoms with van der Waals surface area (Å²) in [6.45, 7) is 6.05. The normalized spacial score (nSPS) is 14.3. The van der Waals surface area contributed by atoms with Crippen molar-refractivity contribution in [1.82, 2.24) is 9.97 Å². The molecular weight excluding hydrogens is 396 g/mol. The Morgan fingerprint density at radius 2 is 1.57 bits per heavy atom. The van der Waals surface area contributed by atoms with E-state index in [-0.39, 0.29) is 5.92 Å². The van der Waals surface area contributed by atoms with E-state index in [1.807, 2.05) is 38.4 Å². The van der Waals surface area contributed by atoms with Crippen molar-refractivity contribution in [3.63, 3.8) is 0 Å². The maximum absolute atomic E-state index is 11.8. The number of hydrogen-bond donors (Lipinski definition) is 1. The molecule has 0 spiro atoms. The fourth-order valence-corrected chi connectivity index (χ4v) is 3.96. The first kappa shape index (κ1) is 24.3. The van der Waals surface area contributed by atoms with E-state index in [0.717, 1.165) is 17.5 Å². The second kappa shape index (κ2) is 12.0. The number of rotatable bonds is 13. The van der Waals surface area contributed by atoms with Crippen LogP contribution in [-0.4, -0.2) is 21.0 Å². The van der Waals surface area contributed by atoms with Crippen LogP contribution in [0.3, 0.4) is 0 Å². The summed E-state index contributed by atoms with van der Waals surface area (Å²) in [5, 5.41) is 9.69. The molecule has 2 rings (SSSR count). The van der Waals surface area contributed by atoms with Crippen LogP contribution in [0.4, 0.5) is 0 Å². The number of carboxylic acids is 1. The van der Waals surface area contributed by atoms with Crippen LogP contribution in [0.2, 0.25) is 0 Å². The molecule has 5 heteroatoms. The van der Waals surface area contributed by atoms with Crippen molar-refractivity contribution < 1.29 is 9.90 Å². The highest BCUT2D eigenvalue weighted by atomic mass is 35.5. The van der Waals surface area contributed by atoms with Gasteiger partial charge in [0.1, 0.15) is 0 Å². The third kappa shape index (κ3) is 6.28. The summed E-state index contributed by atoms with van der Waals surface area (Å²) in [6, 6.07) is 7.25. The lowest BCUT2D eigenvalue weighted by Gasteiger charge is -2.29. The predicted octanol–water partition coefficient (Wildman–Crippen LogP) is 7.00. The molecule has 0 saturated heterocycles. The molecule has 0 saturated carbocycles. The Balaban J connectivity index is 1.96. The van der Waals surface area contributed by atoms with Gasteiger partial charge in [-0.2, -0.15) is 0 Å². The zero-order valence-electron chi connectivity index (χ0n) is 18.5. The topological polar surface area (TPSA) is 63.1 Å². The van der Waals surface area contributed by atoms with Gasteiger partial charge in [0.15, 0.2) is 10.7 Å². The monoisotopic (exact) mass is 430 g/mol. The Bertz CT molecular complexity index is 777. The quantitative estimate of drug-likeness (QED) is 0.274. The molecule has 0 aliphatic rings. The number of carboxylic acid groups (broad SMARTS) is 1. The van der Waals surface area contributed by atoms with Gasteiger partial charge in [0.05, 0.1) is 0 Å². The van der Waals surface area contributed by atoms with Crippen LogP contribution in [0, 0.1) is 5.92 Å². The Kier molecular flexibility index (Phi) is 9.77. The van der Waals surface area contributed by atoms with Gasteiger partial charge in [0, 0.05) is 18.0 Å². The fraction of sp³-hybridized carbons (Fsp3) is 0.560. The van der Waals surface area contributed by atoms with Crippen LogP contribution in [0.25, 0.3) is 11.4 Å². The molecule has 0 radical (unpaired) electrons. The minimum atomic E-state index is -1.42. The number of alkyl halides is 1. The summed E-state index contributed by atoms with van der Waals surface area (Å²) < 4.78 is 0. The first-order valence-corrected chi connectivity index (χ1v) is 11.6. The molecule has 1 aromatic heterocycles. The molecule has 1 aromatic carbocycles. The number of hydrogen-bond acceptors (Lipinski definition) is 3. The Morgan fingerprint density at radius 1 is 1.00 bits per heavy atom. The van der Waals surface area contributed by atoms with Gasteiger partial charge in [0.2, 0.25) is 0 Å². The maximum Gasteiger partial charge on any atom is 0.329 e. The van der Waals surface area contributed by atoms with E-state index in [2.05, 4.69) is 16.9 Å². The Hall–Kier alpha value is -1.94. The maximum atomic E-state index is 11.8. The van der Waals surface area contributed by atoms with Gasteiger partial charge in [-0.05, 0) is 29.9 Å². The molecule has 2 aromatic rings. The van der Waals surface area contributed by atoms with Crippen LogP contribution < -0.4 is 0 Å². The second-order valence-corrected chi connectivity index (χ2v) is 8.79. The highest BCUT2D eigenvalue weighted by Gasteiger charge is 2.42. The lowest BCUT2D eigenvalue weighted by molar-refractivity contribution is -0.142. The van der Waals surface area contributed by atoms with Crippen LogP contribution in [0.1, 0.15) is 83.3 Å². The van der Waals surface area contributed by atoms with Crippen molar-refractivity contribution in [2.45, 2.75) is 83.4 Å². The summed E-state index contributed by atoms with van der Waals surface area (Å²) in [4.78, 5) is 19.4. The summed E-state index contributed by atoms with van der Waals surface area (Å²) in [7, 11) is 0. The lowest BCUT2D eigenvalue weighted by Crippen LogP contribution is -2.36. The van der Waals surface area contributed by atoms with Crippen molar-refractivity contribution in [3.05, 3.63) is 47.8 Å². The van der Waals surface area contributed by atoms with E-state index in [0.29, 0.717) is 17.8 Å². The second-order valence-electron chi connectivity index (χ2n) is 8.19. The number of carbonyl (C=O) groups is 1. The van der Waals surface area contributed by atoms with E-state index in [1.54, 1.807) is 12.1 Å². The van der Waals surface area contributed by atoms with Crippen molar-refractivity contribution >= 4 is 17.6 Å². The SMILES string of the molecule is CCCCCCCCCc1cnc(-c2ccc(C(Cl)(C(=O)O)C(C)CC)cc2)nc1. The molecule has 0 aliphatic heterocycles. The van der Waals surface area contributed by atoms with Gasteiger partial charge in [0.25, 0.3) is 0 Å². The molecule has 4 nitrogen and oxygen atoms in total. The number of aliphatic carboxylic acids is 1. The number of nitrogens with zero attached hydrogens (tertiary/aromatic N) is 2. The van der Waals surface area contributed by atoms with Crippen LogP contribution in [-0.2, 0) is 16.1 Å². The largest absolute Gasteiger partial charge is 0.480 e. The van der Waals surface area contributed by atoms with Gasteiger partial charge < -0.3 is 5.11 Å². The van der Waals surface area contributed by atoms with Crippen LogP contribution in [0.15, 0.2) is 36.7 Å². The number of aryl methyl sites for hydroxylation is 1. The molecule has 0 bridgehead atoms.